The minimum Gasteiger partial charge on any atom is -0.878 e. The van der Waals surface area contributed by atoms with Crippen molar-refractivity contribution in [1.82, 2.24) is 0 Å². The normalized spacial score (nSPS) is 12.2. The van der Waals surface area contributed by atoms with Crippen molar-refractivity contribution in [1.29, 1.82) is 0 Å². The van der Waals surface area contributed by atoms with E-state index < -0.39 is 0 Å². The average Bonchev–Trinajstić information content (AvgIpc) is 3.35. The summed E-state index contributed by atoms with van der Waals surface area (Å²) in [4.78, 5) is 0. The Morgan fingerprint density at radius 2 is 1.31 bits per heavy atom. The van der Waals surface area contributed by atoms with Crippen LogP contribution in [0.2, 0.25) is 0 Å². The van der Waals surface area contributed by atoms with Crippen LogP contribution in [0.1, 0.15) is 72.1 Å². The second-order valence-electron chi connectivity index (χ2n) is 4.52. The van der Waals surface area contributed by atoms with E-state index in [1.807, 2.05) is 6.61 Å². The summed E-state index contributed by atoms with van der Waals surface area (Å²) in [6, 6.07) is 0. The second-order valence-corrected chi connectivity index (χ2v) is 4.52. The van der Waals surface area contributed by atoms with E-state index in [0.29, 0.717) is 6.26 Å². The van der Waals surface area contributed by atoms with Gasteiger partial charge in [-0.25, -0.2) is 6.61 Å². The molecule has 0 spiro atoms. The number of hydrogen-bond acceptors (Lipinski definition) is 3. The Kier molecular flexibility index (Phi) is 111. The maximum absolute atomic E-state index is 8.69. The smallest absolute Gasteiger partial charge is 0.878 e. The zero-order chi connectivity index (χ0) is 18.6. The van der Waals surface area contributed by atoms with Gasteiger partial charge in [-0.3, -0.25) is 0 Å². The van der Waals surface area contributed by atoms with Crippen LogP contribution in [-0.4, -0.2) is 19.8 Å². The van der Waals surface area contributed by atoms with Crippen LogP contribution in [-0.2, 0) is 9.47 Å². The zero-order valence-electron chi connectivity index (χ0n) is 19.0. The van der Waals surface area contributed by atoms with Crippen LogP contribution in [0, 0.1) is 13.5 Å². The molecule has 0 atom stereocenters. The Morgan fingerprint density at radius 1 is 0.923 bits per heavy atom. The Balaban J connectivity index is -0.0000000333. The molecule has 6 heteroatoms. The molecular formula is C20H41Li3O3. The largest absolute Gasteiger partial charge is 1.00 e. The number of ether oxygens (including phenoxy) is 2. The van der Waals surface area contributed by atoms with E-state index >= 15 is 0 Å². The maximum Gasteiger partial charge on any atom is 1.00 e. The summed E-state index contributed by atoms with van der Waals surface area (Å²) in [7, 11) is 0. The zero-order valence-corrected chi connectivity index (χ0v) is 19.0. The standard InChI is InChI=1S/C4H8O.C4H7O.C4H10.C4H9.C2H4O.C2H4.3Li/c2*1-2-4-5-3-1;2*1-3-4-2;1-2-3;1-2;;;/h1-4H2;3H,1-2,4H2;3-4H2,1-2H3;1,3-4H2,2H3;2-3H,1H2;1-2H2;;;/q;-1;;-1;;;3*+1/p-1. The van der Waals surface area contributed by atoms with Crippen molar-refractivity contribution >= 4 is 0 Å². The molecule has 2 aliphatic heterocycles. The number of rotatable bonds is 2. The molecule has 0 saturated carbocycles. The fraction of sp³-hybridized carbons (Fsp3) is 0.700. The third kappa shape index (κ3) is 85.2. The van der Waals surface area contributed by atoms with Crippen molar-refractivity contribution in [2.24, 2.45) is 0 Å². The third-order valence-electron chi connectivity index (χ3n) is 2.38. The summed E-state index contributed by atoms with van der Waals surface area (Å²) in [6.07, 6.45) is 10.3. The molecule has 2 saturated heterocycles. The molecule has 0 aromatic heterocycles. The van der Waals surface area contributed by atoms with Crippen molar-refractivity contribution < 1.29 is 71.2 Å². The molecule has 0 radical (unpaired) electrons. The molecule has 2 aliphatic rings. The molecule has 0 N–H and O–H groups in total. The van der Waals surface area contributed by atoms with E-state index in [4.69, 9.17) is 14.6 Å². The summed E-state index contributed by atoms with van der Waals surface area (Å²) in [6.45, 7) is 23.7. The van der Waals surface area contributed by atoms with Gasteiger partial charge in [-0.1, -0.05) is 46.5 Å². The van der Waals surface area contributed by atoms with Crippen molar-refractivity contribution in [3.63, 3.8) is 0 Å². The number of unbranched alkanes of at least 4 members (excludes halogenated alkanes) is 2. The monoisotopic (exact) mass is 350 g/mol. The summed E-state index contributed by atoms with van der Waals surface area (Å²) >= 11 is 0. The van der Waals surface area contributed by atoms with Gasteiger partial charge in [-0.2, -0.15) is 19.1 Å². The molecule has 0 bridgehead atoms. The van der Waals surface area contributed by atoms with E-state index in [-0.39, 0.29) is 56.6 Å². The molecule has 3 nitrogen and oxygen atoms in total. The van der Waals surface area contributed by atoms with E-state index in [2.05, 4.69) is 47.4 Å². The topological polar surface area (TPSA) is 41.5 Å². The van der Waals surface area contributed by atoms with Crippen molar-refractivity contribution in [3.8, 4) is 0 Å². The van der Waals surface area contributed by atoms with Crippen LogP contribution >= 0.6 is 0 Å². The molecule has 0 unspecified atom stereocenters. The Morgan fingerprint density at radius 3 is 1.38 bits per heavy atom. The maximum atomic E-state index is 8.69. The summed E-state index contributed by atoms with van der Waals surface area (Å²) in [5.41, 5.74) is 0. The van der Waals surface area contributed by atoms with Gasteiger partial charge in [0.25, 0.3) is 0 Å². The van der Waals surface area contributed by atoms with Gasteiger partial charge in [0.1, 0.15) is 0 Å². The van der Waals surface area contributed by atoms with Crippen LogP contribution in [0.15, 0.2) is 26.0 Å². The molecule has 26 heavy (non-hydrogen) atoms. The van der Waals surface area contributed by atoms with Gasteiger partial charge in [-0.15, -0.1) is 19.7 Å². The first-order valence-electron chi connectivity index (χ1n) is 8.78. The van der Waals surface area contributed by atoms with Crippen molar-refractivity contribution in [2.75, 3.05) is 19.8 Å². The van der Waals surface area contributed by atoms with Gasteiger partial charge in [0.2, 0.25) is 0 Å². The third-order valence-corrected chi connectivity index (χ3v) is 2.38. The van der Waals surface area contributed by atoms with E-state index in [1.54, 1.807) is 0 Å². The molecular weight excluding hydrogens is 309 g/mol. The van der Waals surface area contributed by atoms with Crippen molar-refractivity contribution in [2.45, 2.75) is 72.1 Å². The van der Waals surface area contributed by atoms with Gasteiger partial charge < -0.3 is 21.5 Å². The van der Waals surface area contributed by atoms with Crippen LogP contribution in [0.3, 0.4) is 0 Å². The second kappa shape index (κ2) is 63.5. The molecule has 0 aromatic rings. The first-order chi connectivity index (χ1) is 11.2. The fourth-order valence-corrected chi connectivity index (χ4v) is 0.927. The van der Waals surface area contributed by atoms with Gasteiger partial charge in [-0.05, 0) is 12.8 Å². The van der Waals surface area contributed by atoms with Crippen LogP contribution < -0.4 is 61.7 Å². The Hall–Kier alpha value is 0.992. The Bertz CT molecular complexity index is 133. The van der Waals surface area contributed by atoms with Gasteiger partial charge in [0.05, 0.1) is 0 Å². The summed E-state index contributed by atoms with van der Waals surface area (Å²) < 4.78 is 9.76. The van der Waals surface area contributed by atoms with E-state index in [1.165, 1.54) is 38.5 Å². The van der Waals surface area contributed by atoms with Gasteiger partial charge >= 0.3 is 56.6 Å². The molecule has 0 aromatic carbocycles. The molecule has 0 aliphatic carbocycles. The van der Waals surface area contributed by atoms with Crippen LogP contribution in [0.4, 0.5) is 0 Å². The minimum absolute atomic E-state index is 0. The SMILES string of the molecule is C1CCOC1.C=C.C=C[O-].CCCC.[CH-]1CCCO1.[CH2-]CCC.[Li+].[Li+].[Li+]. The Labute approximate surface area is 201 Å². The minimum atomic E-state index is 0. The molecule has 2 rings (SSSR count). The van der Waals surface area contributed by atoms with E-state index in [9.17, 15) is 0 Å². The quantitative estimate of drug-likeness (QED) is 0.225. The summed E-state index contributed by atoms with van der Waals surface area (Å²) in [5, 5.41) is 8.69. The molecule has 0 amide bonds. The fourth-order valence-electron chi connectivity index (χ4n) is 0.927. The van der Waals surface area contributed by atoms with E-state index in [0.717, 1.165) is 32.7 Å². The van der Waals surface area contributed by atoms with Gasteiger partial charge in [0.15, 0.2) is 0 Å². The average molecular weight is 350 g/mol. The predicted molar refractivity (Wildman–Crippen MR) is 102 cm³/mol. The summed E-state index contributed by atoms with van der Waals surface area (Å²) in [5.74, 6) is 0. The van der Waals surface area contributed by atoms with Crippen molar-refractivity contribution in [3.05, 3.63) is 39.5 Å². The first kappa shape index (κ1) is 45.6. The molecule has 142 valence electrons. The molecule has 2 heterocycles. The van der Waals surface area contributed by atoms with Crippen LogP contribution in [0.25, 0.3) is 0 Å². The first-order valence-corrected chi connectivity index (χ1v) is 8.78. The predicted octanol–water partition coefficient (Wildman–Crippen LogP) is -3.51. The van der Waals surface area contributed by atoms with Crippen LogP contribution in [0.5, 0.6) is 0 Å². The number of hydrogen-bond donors (Lipinski definition) is 0. The van der Waals surface area contributed by atoms with Gasteiger partial charge in [0, 0.05) is 19.8 Å². The molecule has 2 fully saturated rings.